The van der Waals surface area contributed by atoms with E-state index in [0.717, 1.165) is 30.6 Å². The van der Waals surface area contributed by atoms with Crippen molar-refractivity contribution in [2.75, 3.05) is 19.0 Å². The monoisotopic (exact) mass is 347 g/mol. The molecule has 128 valence electrons. The second-order valence-electron chi connectivity index (χ2n) is 5.89. The Kier molecular flexibility index (Phi) is 5.42. The summed E-state index contributed by atoms with van der Waals surface area (Å²) in [5, 5.41) is 15.4. The highest BCUT2D eigenvalue weighted by Gasteiger charge is 2.15. The number of nitro groups is 1. The van der Waals surface area contributed by atoms with Gasteiger partial charge in [-0.15, -0.1) is 11.3 Å². The van der Waals surface area contributed by atoms with E-state index in [1.54, 1.807) is 19.2 Å². The number of hydrogen-bond donors (Lipinski definition) is 1. The fraction of sp³-hybridized carbons (Fsp3) is 0.471. The van der Waals surface area contributed by atoms with E-state index < -0.39 is 0 Å². The first-order valence-electron chi connectivity index (χ1n) is 8.15. The van der Waals surface area contributed by atoms with Crippen LogP contribution >= 0.6 is 11.3 Å². The van der Waals surface area contributed by atoms with Crippen molar-refractivity contribution >= 4 is 22.7 Å². The Labute approximate surface area is 145 Å². The van der Waals surface area contributed by atoms with Crippen LogP contribution in [0.15, 0.2) is 18.2 Å². The van der Waals surface area contributed by atoms with Gasteiger partial charge in [0.1, 0.15) is 0 Å². The van der Waals surface area contributed by atoms with E-state index in [1.807, 2.05) is 11.3 Å². The number of aryl methyl sites for hydroxylation is 2. The number of thiazole rings is 1. The van der Waals surface area contributed by atoms with Crippen molar-refractivity contribution in [1.29, 1.82) is 0 Å². The second kappa shape index (κ2) is 7.72. The summed E-state index contributed by atoms with van der Waals surface area (Å²) in [5.41, 5.74) is 3.05. The maximum Gasteiger partial charge on any atom is 0.269 e. The predicted octanol–water partition coefficient (Wildman–Crippen LogP) is 3.73. The molecule has 0 fully saturated rings. The zero-order valence-corrected chi connectivity index (χ0v) is 14.5. The molecule has 0 unspecified atom stereocenters. The molecular formula is C17H21N3O3S. The molecular weight excluding hydrogens is 326 g/mol. The van der Waals surface area contributed by atoms with Crippen LogP contribution in [0.3, 0.4) is 0 Å². The Balaban J connectivity index is 1.63. The van der Waals surface area contributed by atoms with E-state index >= 15 is 0 Å². The van der Waals surface area contributed by atoms with Crippen LogP contribution < -0.4 is 5.32 Å². The second-order valence-corrected chi connectivity index (χ2v) is 7.06. The van der Waals surface area contributed by atoms with Crippen LogP contribution in [-0.2, 0) is 30.6 Å². The van der Waals surface area contributed by atoms with Crippen LogP contribution in [0.5, 0.6) is 0 Å². The van der Waals surface area contributed by atoms with Gasteiger partial charge >= 0.3 is 0 Å². The number of fused-ring (bicyclic) bond motifs is 1. The number of hydrogen-bond acceptors (Lipinski definition) is 6. The van der Waals surface area contributed by atoms with Crippen molar-refractivity contribution in [3.05, 3.63) is 49.5 Å². The zero-order valence-electron chi connectivity index (χ0n) is 13.7. The lowest BCUT2D eigenvalue weighted by molar-refractivity contribution is -0.384. The quantitative estimate of drug-likeness (QED) is 0.610. The highest BCUT2D eigenvalue weighted by atomic mass is 32.1. The van der Waals surface area contributed by atoms with Crippen LogP contribution in [0.2, 0.25) is 0 Å². The standard InChI is InChI=1S/C17H21N3O3S/c1-23-11-12-10-13(20(21)22)6-7-14(12)18-9-8-17-19-15-4-2-3-5-16(15)24-17/h6-7,10,18H,2-5,8-9,11H2,1H3. The highest BCUT2D eigenvalue weighted by Crippen LogP contribution is 2.27. The third-order valence-electron chi connectivity index (χ3n) is 4.14. The van der Waals surface area contributed by atoms with Crippen LogP contribution in [0, 0.1) is 10.1 Å². The Morgan fingerprint density at radius 2 is 2.21 bits per heavy atom. The molecule has 7 heteroatoms. The number of nitro benzene ring substituents is 1. The summed E-state index contributed by atoms with van der Waals surface area (Å²) in [6.07, 6.45) is 5.66. The summed E-state index contributed by atoms with van der Waals surface area (Å²) in [4.78, 5) is 16.7. The van der Waals surface area contributed by atoms with Crippen molar-refractivity contribution < 1.29 is 9.66 Å². The Hall–Kier alpha value is -1.99. The van der Waals surface area contributed by atoms with Gasteiger partial charge in [-0.3, -0.25) is 10.1 Å². The molecule has 0 spiro atoms. The van der Waals surface area contributed by atoms with Crippen LogP contribution in [-0.4, -0.2) is 23.6 Å². The maximum absolute atomic E-state index is 10.9. The lowest BCUT2D eigenvalue weighted by Crippen LogP contribution is -2.08. The van der Waals surface area contributed by atoms with Gasteiger partial charge in [0, 0.05) is 48.3 Å². The van der Waals surface area contributed by atoms with Gasteiger partial charge in [0.15, 0.2) is 0 Å². The molecule has 0 amide bonds. The first kappa shape index (κ1) is 16.9. The van der Waals surface area contributed by atoms with Crippen molar-refractivity contribution in [1.82, 2.24) is 4.98 Å². The molecule has 1 heterocycles. The molecule has 0 saturated carbocycles. The van der Waals surface area contributed by atoms with Crippen LogP contribution in [0.4, 0.5) is 11.4 Å². The largest absolute Gasteiger partial charge is 0.384 e. The Bertz CT molecular complexity index is 706. The Morgan fingerprint density at radius 1 is 1.38 bits per heavy atom. The fourth-order valence-electron chi connectivity index (χ4n) is 2.96. The molecule has 0 radical (unpaired) electrons. The zero-order chi connectivity index (χ0) is 16.9. The number of nitrogens with one attached hydrogen (secondary N) is 1. The molecule has 0 bridgehead atoms. The SMILES string of the molecule is COCc1cc([N+](=O)[O-])ccc1NCCc1nc2c(s1)CCCC2. The van der Waals surface area contributed by atoms with Gasteiger partial charge < -0.3 is 10.1 Å². The Morgan fingerprint density at radius 3 is 2.96 bits per heavy atom. The number of benzene rings is 1. The van der Waals surface area contributed by atoms with Gasteiger partial charge in [-0.25, -0.2) is 4.98 Å². The van der Waals surface area contributed by atoms with Gasteiger partial charge in [0.05, 0.1) is 22.2 Å². The molecule has 6 nitrogen and oxygen atoms in total. The molecule has 2 aromatic rings. The summed E-state index contributed by atoms with van der Waals surface area (Å²) in [7, 11) is 1.59. The number of non-ortho nitro benzene ring substituents is 1. The lowest BCUT2D eigenvalue weighted by atomic mass is 10.0. The summed E-state index contributed by atoms with van der Waals surface area (Å²) in [5.74, 6) is 0. The third kappa shape index (κ3) is 3.91. The van der Waals surface area contributed by atoms with Crippen molar-refractivity contribution in [2.24, 2.45) is 0 Å². The smallest absolute Gasteiger partial charge is 0.269 e. The molecule has 0 aliphatic heterocycles. The van der Waals surface area contributed by atoms with Crippen LogP contribution in [0.25, 0.3) is 0 Å². The number of anilines is 1. The summed E-state index contributed by atoms with van der Waals surface area (Å²) in [6, 6.07) is 4.83. The van der Waals surface area contributed by atoms with Crippen LogP contribution in [0.1, 0.15) is 34.0 Å². The molecule has 24 heavy (non-hydrogen) atoms. The van der Waals surface area contributed by atoms with Gasteiger partial charge in [0.2, 0.25) is 0 Å². The van der Waals surface area contributed by atoms with E-state index in [0.29, 0.717) is 6.61 Å². The molecule has 1 aromatic carbocycles. The molecule has 1 aliphatic carbocycles. The van der Waals surface area contributed by atoms with E-state index in [9.17, 15) is 10.1 Å². The lowest BCUT2D eigenvalue weighted by Gasteiger charge is -2.11. The molecule has 1 aliphatic rings. The number of ether oxygens (including phenoxy) is 1. The molecule has 3 rings (SSSR count). The van der Waals surface area contributed by atoms with Crippen molar-refractivity contribution in [2.45, 2.75) is 38.7 Å². The predicted molar refractivity (Wildman–Crippen MR) is 94.8 cm³/mol. The molecule has 0 saturated heterocycles. The van der Waals surface area contributed by atoms with E-state index in [-0.39, 0.29) is 10.6 Å². The average molecular weight is 347 g/mol. The maximum atomic E-state index is 10.9. The third-order valence-corrected chi connectivity index (χ3v) is 5.36. The summed E-state index contributed by atoms with van der Waals surface area (Å²) >= 11 is 1.83. The van der Waals surface area contributed by atoms with Crippen molar-refractivity contribution in [3.63, 3.8) is 0 Å². The van der Waals surface area contributed by atoms with Gasteiger partial charge in [-0.2, -0.15) is 0 Å². The normalized spacial score (nSPS) is 13.5. The van der Waals surface area contributed by atoms with E-state index in [2.05, 4.69) is 5.32 Å². The average Bonchev–Trinajstić information content (AvgIpc) is 2.99. The fourth-order valence-corrected chi connectivity index (χ4v) is 4.11. The highest BCUT2D eigenvalue weighted by molar-refractivity contribution is 7.11. The van der Waals surface area contributed by atoms with Gasteiger partial charge in [0.25, 0.3) is 5.69 Å². The summed E-state index contributed by atoms with van der Waals surface area (Å²) < 4.78 is 5.15. The van der Waals surface area contributed by atoms with Gasteiger partial charge in [-0.05, 0) is 31.7 Å². The topological polar surface area (TPSA) is 77.3 Å². The minimum absolute atomic E-state index is 0.0835. The van der Waals surface area contributed by atoms with E-state index in [1.165, 1.54) is 40.9 Å². The minimum atomic E-state index is -0.386. The number of rotatable bonds is 7. The molecule has 1 N–H and O–H groups in total. The minimum Gasteiger partial charge on any atom is -0.384 e. The van der Waals surface area contributed by atoms with Gasteiger partial charge in [-0.1, -0.05) is 0 Å². The molecule has 1 aromatic heterocycles. The summed E-state index contributed by atoms with van der Waals surface area (Å²) in [6.45, 7) is 1.09. The number of methoxy groups -OCH3 is 1. The first-order chi connectivity index (χ1) is 11.7. The molecule has 0 atom stereocenters. The number of nitrogens with zero attached hydrogens (tertiary/aromatic N) is 2. The first-order valence-corrected chi connectivity index (χ1v) is 8.96. The number of aromatic nitrogens is 1. The van der Waals surface area contributed by atoms with E-state index in [4.69, 9.17) is 9.72 Å². The van der Waals surface area contributed by atoms with Crippen molar-refractivity contribution in [3.8, 4) is 0 Å².